The van der Waals surface area contributed by atoms with Gasteiger partial charge < -0.3 is 26.4 Å². The average Bonchev–Trinajstić information content (AvgIpc) is 3.14. The van der Waals surface area contributed by atoms with Crippen LogP contribution in [0.3, 0.4) is 0 Å². The van der Waals surface area contributed by atoms with E-state index < -0.39 is 12.3 Å². The number of hydrogen-bond acceptors (Lipinski definition) is 6. The molecule has 3 unspecified atom stereocenters. The van der Waals surface area contributed by atoms with Crippen LogP contribution in [0.2, 0.25) is 0 Å². The molecule has 170 valence electrons. The Labute approximate surface area is 178 Å². The van der Waals surface area contributed by atoms with Crippen molar-refractivity contribution in [1.29, 1.82) is 0 Å². The number of aliphatic imine (C=N–C) groups is 2. The minimum absolute atomic E-state index is 0.188. The number of carbonyl (C=O) groups excluding carboxylic acids is 3. The summed E-state index contributed by atoms with van der Waals surface area (Å²) in [6.07, 6.45) is 3.16. The molecule has 0 radical (unpaired) electrons. The molecule has 1 fully saturated rings. The summed E-state index contributed by atoms with van der Waals surface area (Å²) in [7, 11) is 0. The predicted octanol–water partition coefficient (Wildman–Crippen LogP) is 0.543. The lowest BCUT2D eigenvalue weighted by Crippen LogP contribution is -2.51. The maximum atomic E-state index is 13.1. The highest BCUT2D eigenvalue weighted by molar-refractivity contribution is 5.88. The Bertz CT molecular complexity index is 629. The van der Waals surface area contributed by atoms with Crippen molar-refractivity contribution in [2.45, 2.75) is 71.6 Å². The van der Waals surface area contributed by atoms with E-state index in [0.29, 0.717) is 63.5 Å². The van der Waals surface area contributed by atoms with Gasteiger partial charge in [0, 0.05) is 32.0 Å². The summed E-state index contributed by atoms with van der Waals surface area (Å²) in [4.78, 5) is 46.3. The van der Waals surface area contributed by atoms with E-state index in [1.165, 1.54) is 4.90 Å². The van der Waals surface area contributed by atoms with Gasteiger partial charge in [-0.15, -0.1) is 0 Å². The highest BCUT2D eigenvalue weighted by atomic mass is 16.5. The molecule has 1 aliphatic rings. The summed E-state index contributed by atoms with van der Waals surface area (Å²) in [6, 6.07) is -0.701. The molecule has 3 atom stereocenters. The first kappa shape index (κ1) is 25.4. The first-order chi connectivity index (χ1) is 14.3. The SMILES string of the molecule is CC(N)=NCCCC(C)C(=O)NC(CCCN=C(C)N)C(=O)N1CCCC1OC=O. The first-order valence-corrected chi connectivity index (χ1v) is 10.5. The van der Waals surface area contributed by atoms with Crippen LogP contribution in [0.1, 0.15) is 59.3 Å². The lowest BCUT2D eigenvalue weighted by molar-refractivity contribution is -0.153. The molecular formula is C20H36N6O4. The Morgan fingerprint density at radius 3 is 2.33 bits per heavy atom. The van der Waals surface area contributed by atoms with E-state index in [0.717, 1.165) is 12.8 Å². The number of rotatable bonds is 13. The van der Waals surface area contributed by atoms with Gasteiger partial charge in [0.15, 0.2) is 6.23 Å². The van der Waals surface area contributed by atoms with Crippen LogP contribution in [0.25, 0.3) is 0 Å². The molecule has 0 aromatic rings. The Balaban J connectivity index is 2.72. The van der Waals surface area contributed by atoms with Gasteiger partial charge >= 0.3 is 0 Å². The molecule has 5 N–H and O–H groups in total. The van der Waals surface area contributed by atoms with E-state index in [2.05, 4.69) is 15.3 Å². The van der Waals surface area contributed by atoms with Crippen molar-refractivity contribution in [2.24, 2.45) is 27.4 Å². The van der Waals surface area contributed by atoms with E-state index in [9.17, 15) is 14.4 Å². The van der Waals surface area contributed by atoms with Gasteiger partial charge in [0.05, 0.1) is 11.7 Å². The molecule has 1 saturated heterocycles. The van der Waals surface area contributed by atoms with Gasteiger partial charge in [-0.3, -0.25) is 24.4 Å². The molecule has 2 amide bonds. The van der Waals surface area contributed by atoms with Gasteiger partial charge in [0.1, 0.15) is 6.04 Å². The van der Waals surface area contributed by atoms with Crippen molar-refractivity contribution in [2.75, 3.05) is 19.6 Å². The molecule has 0 bridgehead atoms. The standard InChI is InChI=1S/C20H36N6O4/c1-14(7-4-10-23-15(2)21)19(28)25-17(8-5-11-24-16(3)22)20(29)26-12-6-9-18(26)30-13-27/h13-14,17-18H,4-12H2,1-3H3,(H2,21,23)(H2,22,24)(H,25,28). The highest BCUT2D eigenvalue weighted by Crippen LogP contribution is 2.20. The van der Waals surface area contributed by atoms with Gasteiger partial charge in [0.2, 0.25) is 11.8 Å². The number of likely N-dealkylation sites (tertiary alicyclic amines) is 1. The number of amides is 2. The first-order valence-electron chi connectivity index (χ1n) is 10.5. The highest BCUT2D eigenvalue weighted by Gasteiger charge is 2.35. The van der Waals surface area contributed by atoms with Crippen molar-refractivity contribution < 1.29 is 19.1 Å². The fourth-order valence-corrected chi connectivity index (χ4v) is 3.30. The number of nitrogens with two attached hydrogens (primary N) is 2. The summed E-state index contributed by atoms with van der Waals surface area (Å²) in [5.74, 6) is 0.304. The largest absolute Gasteiger partial charge is 0.444 e. The molecule has 0 aliphatic carbocycles. The molecule has 1 heterocycles. The third kappa shape index (κ3) is 9.23. The van der Waals surface area contributed by atoms with Gasteiger partial charge in [-0.05, 0) is 46.0 Å². The third-order valence-electron chi connectivity index (χ3n) is 4.92. The Morgan fingerprint density at radius 2 is 1.77 bits per heavy atom. The molecule has 10 nitrogen and oxygen atoms in total. The van der Waals surface area contributed by atoms with Crippen LogP contribution in [-0.4, -0.2) is 66.8 Å². The third-order valence-corrected chi connectivity index (χ3v) is 4.92. The Kier molecular flexibility index (Phi) is 11.5. The summed E-state index contributed by atoms with van der Waals surface area (Å²) >= 11 is 0. The minimum atomic E-state index is -0.701. The fraction of sp³-hybridized carbons (Fsp3) is 0.750. The smallest absolute Gasteiger partial charge is 0.295 e. The van der Waals surface area contributed by atoms with Crippen molar-refractivity contribution in [1.82, 2.24) is 10.2 Å². The van der Waals surface area contributed by atoms with Crippen LogP contribution in [0.5, 0.6) is 0 Å². The molecule has 0 spiro atoms. The number of carbonyl (C=O) groups is 3. The van der Waals surface area contributed by atoms with E-state index >= 15 is 0 Å². The molecule has 0 saturated carbocycles. The number of amidine groups is 2. The molecule has 10 heteroatoms. The average molecular weight is 425 g/mol. The van der Waals surface area contributed by atoms with Crippen LogP contribution in [-0.2, 0) is 19.1 Å². The van der Waals surface area contributed by atoms with Gasteiger partial charge in [-0.2, -0.15) is 0 Å². The quantitative estimate of drug-likeness (QED) is 0.170. The number of nitrogens with zero attached hydrogens (tertiary/aromatic N) is 3. The normalized spacial score (nSPS) is 19.3. The van der Waals surface area contributed by atoms with Crippen LogP contribution in [0.15, 0.2) is 9.98 Å². The van der Waals surface area contributed by atoms with E-state index in [4.69, 9.17) is 16.2 Å². The molecule has 1 aliphatic heterocycles. The van der Waals surface area contributed by atoms with Crippen molar-refractivity contribution in [3.05, 3.63) is 0 Å². The van der Waals surface area contributed by atoms with E-state index in [1.807, 2.05) is 6.92 Å². The molecule has 0 aromatic heterocycles. The number of nitrogens with one attached hydrogen (secondary N) is 1. The minimum Gasteiger partial charge on any atom is -0.444 e. The van der Waals surface area contributed by atoms with Crippen molar-refractivity contribution >= 4 is 30.0 Å². The Hall–Kier alpha value is -2.65. The van der Waals surface area contributed by atoms with Crippen LogP contribution in [0.4, 0.5) is 0 Å². The molecule has 1 rings (SSSR count). The van der Waals surface area contributed by atoms with Crippen LogP contribution < -0.4 is 16.8 Å². The fourth-order valence-electron chi connectivity index (χ4n) is 3.30. The van der Waals surface area contributed by atoms with E-state index in [1.54, 1.807) is 13.8 Å². The van der Waals surface area contributed by atoms with Gasteiger partial charge in [-0.1, -0.05) is 6.92 Å². The van der Waals surface area contributed by atoms with E-state index in [-0.39, 0.29) is 17.7 Å². The van der Waals surface area contributed by atoms with Gasteiger partial charge in [0.25, 0.3) is 6.47 Å². The van der Waals surface area contributed by atoms with Crippen molar-refractivity contribution in [3.63, 3.8) is 0 Å². The zero-order chi connectivity index (χ0) is 22.5. The second-order valence-corrected chi connectivity index (χ2v) is 7.65. The molecular weight excluding hydrogens is 388 g/mol. The summed E-state index contributed by atoms with van der Waals surface area (Å²) in [5.41, 5.74) is 11.1. The molecule has 30 heavy (non-hydrogen) atoms. The van der Waals surface area contributed by atoms with Crippen LogP contribution in [0, 0.1) is 5.92 Å². The van der Waals surface area contributed by atoms with Crippen LogP contribution >= 0.6 is 0 Å². The maximum absolute atomic E-state index is 13.1. The monoisotopic (exact) mass is 424 g/mol. The lowest BCUT2D eigenvalue weighted by Gasteiger charge is -2.28. The second-order valence-electron chi connectivity index (χ2n) is 7.65. The zero-order valence-electron chi connectivity index (χ0n) is 18.3. The van der Waals surface area contributed by atoms with Gasteiger partial charge in [-0.25, -0.2) is 0 Å². The summed E-state index contributed by atoms with van der Waals surface area (Å²) in [6.45, 7) is 7.15. The predicted molar refractivity (Wildman–Crippen MR) is 116 cm³/mol. The lowest BCUT2D eigenvalue weighted by atomic mass is 10.0. The molecule has 0 aromatic carbocycles. The topological polar surface area (TPSA) is 152 Å². The van der Waals surface area contributed by atoms with Crippen molar-refractivity contribution in [3.8, 4) is 0 Å². The Morgan fingerprint density at radius 1 is 1.17 bits per heavy atom. The summed E-state index contributed by atoms with van der Waals surface area (Å²) < 4.78 is 5.03. The number of hydrogen-bond donors (Lipinski definition) is 3. The number of ether oxygens (including phenoxy) is 1. The summed E-state index contributed by atoms with van der Waals surface area (Å²) in [5, 5.41) is 2.88. The second kappa shape index (κ2) is 13.6. The maximum Gasteiger partial charge on any atom is 0.295 e. The zero-order valence-corrected chi connectivity index (χ0v) is 18.3.